The lowest BCUT2D eigenvalue weighted by molar-refractivity contribution is -0.140. The molecule has 0 heterocycles. The lowest BCUT2D eigenvalue weighted by Gasteiger charge is -2.33. The Hall–Kier alpha value is -3.65. The normalized spacial score (nSPS) is 11.9. The van der Waals surface area contributed by atoms with E-state index in [0.29, 0.717) is 18.7 Å². The Kier molecular flexibility index (Phi) is 9.64. The molecule has 3 aromatic rings. The van der Waals surface area contributed by atoms with Crippen molar-refractivity contribution in [1.82, 2.24) is 10.2 Å². The van der Waals surface area contributed by atoms with Gasteiger partial charge in [0.1, 0.15) is 12.6 Å². The van der Waals surface area contributed by atoms with E-state index in [-0.39, 0.29) is 17.3 Å². The average Bonchev–Trinajstić information content (AvgIpc) is 2.91. The molecule has 0 aliphatic rings. The van der Waals surface area contributed by atoms with Crippen molar-refractivity contribution < 1.29 is 18.0 Å². The van der Waals surface area contributed by atoms with E-state index < -0.39 is 28.5 Å². The summed E-state index contributed by atoms with van der Waals surface area (Å²) in [6, 6.07) is 25.2. The maximum Gasteiger partial charge on any atom is 0.264 e. The number of carbonyl (C=O) groups is 2. The van der Waals surface area contributed by atoms with E-state index in [1.54, 1.807) is 48.5 Å². The molecule has 0 bridgehead atoms. The van der Waals surface area contributed by atoms with Crippen molar-refractivity contribution in [3.8, 4) is 0 Å². The highest BCUT2D eigenvalue weighted by molar-refractivity contribution is 7.92. The van der Waals surface area contributed by atoms with Crippen molar-refractivity contribution in [1.29, 1.82) is 0 Å². The van der Waals surface area contributed by atoms with Crippen molar-refractivity contribution in [2.75, 3.05) is 17.4 Å². The number of para-hydroxylation sites is 1. The van der Waals surface area contributed by atoms with E-state index in [4.69, 9.17) is 0 Å². The largest absolute Gasteiger partial charge is 0.354 e. The van der Waals surface area contributed by atoms with Gasteiger partial charge in [-0.3, -0.25) is 13.9 Å². The highest BCUT2D eigenvalue weighted by Gasteiger charge is 2.33. The zero-order valence-corrected chi connectivity index (χ0v) is 21.5. The maximum atomic E-state index is 13.8. The predicted molar refractivity (Wildman–Crippen MR) is 142 cm³/mol. The molecule has 36 heavy (non-hydrogen) atoms. The number of nitrogens with zero attached hydrogens (tertiary/aromatic N) is 2. The fourth-order valence-corrected chi connectivity index (χ4v) is 5.34. The summed E-state index contributed by atoms with van der Waals surface area (Å²) in [4.78, 5) is 28.4. The van der Waals surface area contributed by atoms with Gasteiger partial charge in [-0.1, -0.05) is 80.6 Å². The van der Waals surface area contributed by atoms with E-state index in [9.17, 15) is 18.0 Å². The molecule has 2 amide bonds. The number of sulfonamides is 1. The van der Waals surface area contributed by atoms with Crippen molar-refractivity contribution in [3.05, 3.63) is 96.6 Å². The van der Waals surface area contributed by atoms with Gasteiger partial charge in [-0.2, -0.15) is 0 Å². The van der Waals surface area contributed by atoms with Crippen LogP contribution < -0.4 is 9.62 Å². The quantitative estimate of drug-likeness (QED) is 0.398. The predicted octanol–water partition coefficient (Wildman–Crippen LogP) is 4.22. The van der Waals surface area contributed by atoms with E-state index in [1.807, 2.05) is 44.2 Å². The SMILES string of the molecule is CCCNC(=O)[C@@H](CC)N(Cc1ccccc1)C(=O)CN(c1ccccc1)S(=O)(=O)c1ccccc1. The second-order valence-corrected chi connectivity index (χ2v) is 10.2. The summed E-state index contributed by atoms with van der Waals surface area (Å²) in [6.07, 6.45) is 1.16. The van der Waals surface area contributed by atoms with Gasteiger partial charge in [0.05, 0.1) is 10.6 Å². The summed E-state index contributed by atoms with van der Waals surface area (Å²) in [7, 11) is -4.04. The van der Waals surface area contributed by atoms with Crippen LogP contribution in [0.15, 0.2) is 95.9 Å². The summed E-state index contributed by atoms with van der Waals surface area (Å²) >= 11 is 0. The Morgan fingerprint density at radius 1 is 0.833 bits per heavy atom. The van der Waals surface area contributed by atoms with Gasteiger partial charge in [0.15, 0.2) is 0 Å². The molecule has 3 rings (SSSR count). The first-order chi connectivity index (χ1) is 17.4. The summed E-state index contributed by atoms with van der Waals surface area (Å²) < 4.78 is 28.4. The first kappa shape index (κ1) is 26.9. The molecule has 0 fully saturated rings. The number of hydrogen-bond donors (Lipinski definition) is 1. The monoisotopic (exact) mass is 507 g/mol. The zero-order valence-electron chi connectivity index (χ0n) is 20.7. The number of rotatable bonds is 12. The van der Waals surface area contributed by atoms with Crippen LogP contribution in [-0.2, 0) is 26.2 Å². The van der Waals surface area contributed by atoms with Crippen LogP contribution in [0.1, 0.15) is 32.3 Å². The minimum Gasteiger partial charge on any atom is -0.354 e. The van der Waals surface area contributed by atoms with Crippen LogP contribution in [0.3, 0.4) is 0 Å². The lowest BCUT2D eigenvalue weighted by Crippen LogP contribution is -2.52. The van der Waals surface area contributed by atoms with Gasteiger partial charge in [-0.05, 0) is 42.7 Å². The lowest BCUT2D eigenvalue weighted by atomic mass is 10.1. The van der Waals surface area contributed by atoms with Gasteiger partial charge in [0.25, 0.3) is 10.0 Å². The molecule has 190 valence electrons. The Balaban J connectivity index is 2.00. The molecule has 1 N–H and O–H groups in total. The minimum absolute atomic E-state index is 0.0870. The van der Waals surface area contributed by atoms with Gasteiger partial charge >= 0.3 is 0 Å². The first-order valence-corrected chi connectivity index (χ1v) is 13.6. The molecule has 3 aromatic carbocycles. The molecule has 0 saturated carbocycles. The molecule has 0 radical (unpaired) electrons. The van der Waals surface area contributed by atoms with Crippen molar-refractivity contribution in [2.45, 2.75) is 44.2 Å². The van der Waals surface area contributed by atoms with Gasteiger partial charge in [-0.25, -0.2) is 8.42 Å². The summed E-state index contributed by atoms with van der Waals surface area (Å²) in [5.41, 5.74) is 1.22. The fourth-order valence-electron chi connectivity index (χ4n) is 3.91. The van der Waals surface area contributed by atoms with Crippen LogP contribution in [0.5, 0.6) is 0 Å². The van der Waals surface area contributed by atoms with Gasteiger partial charge in [-0.15, -0.1) is 0 Å². The second-order valence-electron chi connectivity index (χ2n) is 8.38. The van der Waals surface area contributed by atoms with Gasteiger partial charge in [0, 0.05) is 13.1 Å². The van der Waals surface area contributed by atoms with Crippen LogP contribution in [0.4, 0.5) is 5.69 Å². The van der Waals surface area contributed by atoms with Crippen LogP contribution in [0.25, 0.3) is 0 Å². The molecule has 0 saturated heterocycles. The van der Waals surface area contributed by atoms with Gasteiger partial charge in [0.2, 0.25) is 11.8 Å². The molecular formula is C28H33N3O4S. The molecule has 1 atom stereocenters. The second kappa shape index (κ2) is 12.9. The Bertz CT molecular complexity index is 1220. The van der Waals surface area contributed by atoms with Crippen LogP contribution in [-0.4, -0.2) is 44.3 Å². The third-order valence-corrected chi connectivity index (χ3v) is 7.57. The van der Waals surface area contributed by atoms with Crippen molar-refractivity contribution >= 4 is 27.5 Å². The average molecular weight is 508 g/mol. The Labute approximate surface area is 213 Å². The number of anilines is 1. The van der Waals surface area contributed by atoms with Crippen LogP contribution in [0, 0.1) is 0 Å². The molecule has 0 unspecified atom stereocenters. The van der Waals surface area contributed by atoms with Crippen LogP contribution >= 0.6 is 0 Å². The number of benzene rings is 3. The van der Waals surface area contributed by atoms with Crippen molar-refractivity contribution in [3.63, 3.8) is 0 Å². The molecule has 7 nitrogen and oxygen atoms in total. The maximum absolute atomic E-state index is 13.8. The molecule has 0 aliphatic heterocycles. The highest BCUT2D eigenvalue weighted by atomic mass is 32.2. The first-order valence-electron chi connectivity index (χ1n) is 12.1. The van der Waals surface area contributed by atoms with Crippen LogP contribution in [0.2, 0.25) is 0 Å². The van der Waals surface area contributed by atoms with Crippen molar-refractivity contribution in [2.24, 2.45) is 0 Å². The molecule has 0 aromatic heterocycles. The zero-order chi connectivity index (χ0) is 26.0. The smallest absolute Gasteiger partial charge is 0.264 e. The van der Waals surface area contributed by atoms with E-state index in [2.05, 4.69) is 5.32 Å². The van der Waals surface area contributed by atoms with Gasteiger partial charge < -0.3 is 10.2 Å². The fraction of sp³-hybridized carbons (Fsp3) is 0.286. The minimum atomic E-state index is -4.04. The summed E-state index contributed by atoms with van der Waals surface area (Å²) in [5.74, 6) is -0.707. The molecule has 0 aliphatic carbocycles. The van der Waals surface area contributed by atoms with E-state index in [0.717, 1.165) is 16.3 Å². The molecule has 8 heteroatoms. The number of nitrogens with one attached hydrogen (secondary N) is 1. The highest BCUT2D eigenvalue weighted by Crippen LogP contribution is 2.24. The number of carbonyl (C=O) groups excluding carboxylic acids is 2. The molecule has 0 spiro atoms. The third kappa shape index (κ3) is 6.73. The Morgan fingerprint density at radius 2 is 1.39 bits per heavy atom. The number of amides is 2. The number of hydrogen-bond acceptors (Lipinski definition) is 4. The third-order valence-electron chi connectivity index (χ3n) is 5.79. The summed E-state index contributed by atoms with van der Waals surface area (Å²) in [5, 5.41) is 2.88. The topological polar surface area (TPSA) is 86.8 Å². The Morgan fingerprint density at radius 3 is 1.94 bits per heavy atom. The standard InChI is InChI=1S/C28H33N3O4S/c1-3-20-29-28(33)26(4-2)30(21-23-14-8-5-9-15-23)27(32)22-31(24-16-10-6-11-17-24)36(34,35)25-18-12-7-13-19-25/h5-19,26H,3-4,20-22H2,1-2H3,(H,29,33)/t26-/m1/s1. The summed E-state index contributed by atoms with van der Waals surface area (Å²) in [6.45, 7) is 4.05. The molecular weight excluding hydrogens is 474 g/mol. The van der Waals surface area contributed by atoms with E-state index >= 15 is 0 Å². The van der Waals surface area contributed by atoms with E-state index in [1.165, 1.54) is 17.0 Å².